The number of carbonyl (C=O) groups excluding carboxylic acids is 1. The van der Waals surface area contributed by atoms with Gasteiger partial charge in [0.05, 0.1) is 0 Å². The maximum atomic E-state index is 11.8. The fourth-order valence-electron chi connectivity index (χ4n) is 2.54. The Morgan fingerprint density at radius 3 is 1.95 bits per heavy atom. The highest BCUT2D eigenvalue weighted by Crippen LogP contribution is 2.11. The third kappa shape index (κ3) is 8.90. The third-order valence-corrected chi connectivity index (χ3v) is 3.80. The summed E-state index contributed by atoms with van der Waals surface area (Å²) in [4.78, 5) is 11.8. The lowest BCUT2D eigenvalue weighted by molar-refractivity contribution is -0.118. The molecule has 0 aliphatic rings. The first-order chi connectivity index (χ1) is 9.83. The molecule has 0 bridgehead atoms. The van der Waals surface area contributed by atoms with Gasteiger partial charge in [0.25, 0.3) is 0 Å². The van der Waals surface area contributed by atoms with Crippen molar-refractivity contribution in [2.24, 2.45) is 0 Å². The van der Waals surface area contributed by atoms with Crippen molar-refractivity contribution in [3.8, 4) is 0 Å². The number of rotatable bonds is 12. The van der Waals surface area contributed by atoms with Crippen molar-refractivity contribution < 1.29 is 4.79 Å². The van der Waals surface area contributed by atoms with Crippen LogP contribution in [-0.4, -0.2) is 5.78 Å². The molecule has 0 aliphatic carbocycles. The van der Waals surface area contributed by atoms with E-state index in [0.717, 1.165) is 18.4 Å². The highest BCUT2D eigenvalue weighted by molar-refractivity contribution is 5.80. The average molecular weight is 274 g/mol. The van der Waals surface area contributed by atoms with Gasteiger partial charge >= 0.3 is 0 Å². The molecule has 0 N–H and O–H groups in total. The van der Waals surface area contributed by atoms with Crippen molar-refractivity contribution in [2.45, 2.75) is 77.6 Å². The zero-order valence-electron chi connectivity index (χ0n) is 13.1. The second-order valence-electron chi connectivity index (χ2n) is 5.78. The van der Waals surface area contributed by atoms with E-state index < -0.39 is 0 Å². The molecule has 0 fully saturated rings. The summed E-state index contributed by atoms with van der Waals surface area (Å²) < 4.78 is 0. The molecule has 0 saturated heterocycles. The van der Waals surface area contributed by atoms with Crippen LogP contribution in [0, 0.1) is 0 Å². The van der Waals surface area contributed by atoms with E-state index in [1.165, 1.54) is 51.4 Å². The first-order valence-electron chi connectivity index (χ1n) is 8.38. The molecule has 0 atom stereocenters. The lowest BCUT2D eigenvalue weighted by Crippen LogP contribution is -2.02. The Morgan fingerprint density at radius 2 is 1.35 bits per heavy atom. The summed E-state index contributed by atoms with van der Waals surface area (Å²) in [5, 5.41) is 0. The van der Waals surface area contributed by atoms with Gasteiger partial charge in [-0.15, -0.1) is 0 Å². The maximum absolute atomic E-state index is 11.8. The maximum Gasteiger partial charge on any atom is 0.137 e. The molecule has 0 radical (unpaired) electrons. The summed E-state index contributed by atoms with van der Waals surface area (Å²) in [6, 6.07) is 10.1. The first-order valence-corrected chi connectivity index (χ1v) is 8.38. The molecule has 20 heavy (non-hydrogen) atoms. The molecule has 0 amide bonds. The fourth-order valence-corrected chi connectivity index (χ4v) is 2.54. The van der Waals surface area contributed by atoms with Crippen molar-refractivity contribution >= 4 is 5.78 Å². The van der Waals surface area contributed by atoms with Crippen molar-refractivity contribution in [1.82, 2.24) is 0 Å². The lowest BCUT2D eigenvalue weighted by atomic mass is 10.0. The zero-order valence-corrected chi connectivity index (χ0v) is 13.1. The summed E-state index contributed by atoms with van der Waals surface area (Å²) in [7, 11) is 0. The van der Waals surface area contributed by atoms with Crippen LogP contribution in [0.5, 0.6) is 0 Å². The second-order valence-corrected chi connectivity index (χ2v) is 5.78. The number of unbranched alkanes of at least 4 members (excludes halogenated alkanes) is 8. The Balaban J connectivity index is 1.92. The summed E-state index contributed by atoms with van der Waals surface area (Å²) >= 11 is 0. The smallest absolute Gasteiger partial charge is 0.137 e. The van der Waals surface area contributed by atoms with E-state index in [0.29, 0.717) is 12.2 Å². The molecule has 112 valence electrons. The van der Waals surface area contributed by atoms with E-state index >= 15 is 0 Å². The van der Waals surface area contributed by atoms with Crippen molar-refractivity contribution in [3.05, 3.63) is 35.9 Å². The summed E-state index contributed by atoms with van der Waals surface area (Å²) in [5.41, 5.74) is 1.15. The van der Waals surface area contributed by atoms with Gasteiger partial charge in [-0.25, -0.2) is 0 Å². The van der Waals surface area contributed by atoms with Crippen molar-refractivity contribution in [3.63, 3.8) is 0 Å². The van der Waals surface area contributed by atoms with Gasteiger partial charge in [-0.3, -0.25) is 4.79 Å². The molecule has 0 unspecified atom stereocenters. The number of ketones is 1. The minimum Gasteiger partial charge on any atom is -0.299 e. The normalized spacial score (nSPS) is 10.7. The van der Waals surface area contributed by atoms with Gasteiger partial charge in [-0.2, -0.15) is 0 Å². The monoisotopic (exact) mass is 274 g/mol. The molecule has 1 heteroatoms. The Bertz CT molecular complexity index is 342. The molecule has 0 saturated carbocycles. The SMILES string of the molecule is CCCCCCCCCCCC(=O)Cc1ccccc1. The Hall–Kier alpha value is -1.11. The summed E-state index contributed by atoms with van der Waals surface area (Å²) in [5.74, 6) is 0.388. The van der Waals surface area contributed by atoms with E-state index in [1.54, 1.807) is 0 Å². The molecule has 1 aromatic carbocycles. The molecule has 0 heterocycles. The van der Waals surface area contributed by atoms with Gasteiger partial charge in [-0.1, -0.05) is 88.6 Å². The lowest BCUT2D eigenvalue weighted by Gasteiger charge is -2.03. The van der Waals surface area contributed by atoms with Crippen LogP contribution < -0.4 is 0 Å². The van der Waals surface area contributed by atoms with Gasteiger partial charge < -0.3 is 0 Å². The van der Waals surface area contributed by atoms with Crippen molar-refractivity contribution in [2.75, 3.05) is 0 Å². The topological polar surface area (TPSA) is 17.1 Å². The molecule has 1 aromatic rings. The molecule has 0 aromatic heterocycles. The minimum atomic E-state index is 0.388. The third-order valence-electron chi connectivity index (χ3n) is 3.80. The molecular weight excluding hydrogens is 244 g/mol. The molecule has 1 rings (SSSR count). The van der Waals surface area contributed by atoms with Gasteiger partial charge in [0, 0.05) is 12.8 Å². The van der Waals surface area contributed by atoms with E-state index in [9.17, 15) is 4.79 Å². The standard InChI is InChI=1S/C19H30O/c1-2-3-4-5-6-7-8-9-13-16-19(20)17-18-14-11-10-12-15-18/h10-12,14-15H,2-9,13,16-17H2,1H3. The summed E-state index contributed by atoms with van der Waals surface area (Å²) in [6.07, 6.45) is 13.2. The predicted molar refractivity (Wildman–Crippen MR) is 87.0 cm³/mol. The highest BCUT2D eigenvalue weighted by Gasteiger charge is 2.03. The fraction of sp³-hybridized carbons (Fsp3) is 0.632. The van der Waals surface area contributed by atoms with Crippen LogP contribution in [0.15, 0.2) is 30.3 Å². The molecule has 0 spiro atoms. The van der Waals surface area contributed by atoms with E-state index in [-0.39, 0.29) is 0 Å². The number of carbonyl (C=O) groups is 1. The largest absolute Gasteiger partial charge is 0.299 e. The predicted octanol–water partition coefficient (Wildman–Crippen LogP) is 5.72. The van der Waals surface area contributed by atoms with E-state index in [2.05, 4.69) is 6.92 Å². The quantitative estimate of drug-likeness (QED) is 0.445. The number of hydrogen-bond donors (Lipinski definition) is 0. The highest BCUT2D eigenvalue weighted by atomic mass is 16.1. The second kappa shape index (κ2) is 11.7. The van der Waals surface area contributed by atoms with E-state index in [4.69, 9.17) is 0 Å². The Kier molecular flexibility index (Phi) is 9.91. The van der Waals surface area contributed by atoms with Gasteiger partial charge in [-0.05, 0) is 12.0 Å². The number of benzene rings is 1. The summed E-state index contributed by atoms with van der Waals surface area (Å²) in [6.45, 7) is 2.26. The minimum absolute atomic E-state index is 0.388. The van der Waals surface area contributed by atoms with Crippen LogP contribution in [0.3, 0.4) is 0 Å². The molecular formula is C19H30O. The molecule has 1 nitrogen and oxygen atoms in total. The van der Waals surface area contributed by atoms with Crippen LogP contribution in [0.4, 0.5) is 0 Å². The van der Waals surface area contributed by atoms with Crippen LogP contribution >= 0.6 is 0 Å². The Labute approximate surface area is 124 Å². The number of Topliss-reactive ketones (excluding diaryl/α,β-unsaturated/α-hetero) is 1. The van der Waals surface area contributed by atoms with Crippen molar-refractivity contribution in [1.29, 1.82) is 0 Å². The first kappa shape index (κ1) is 16.9. The van der Waals surface area contributed by atoms with Crippen LogP contribution in [-0.2, 0) is 11.2 Å². The zero-order chi connectivity index (χ0) is 14.5. The van der Waals surface area contributed by atoms with Crippen LogP contribution in [0.1, 0.15) is 76.7 Å². The molecule has 0 aliphatic heterocycles. The Morgan fingerprint density at radius 1 is 0.800 bits per heavy atom. The van der Waals surface area contributed by atoms with E-state index in [1.807, 2.05) is 30.3 Å². The van der Waals surface area contributed by atoms with Crippen LogP contribution in [0.25, 0.3) is 0 Å². The van der Waals surface area contributed by atoms with Gasteiger partial charge in [0.2, 0.25) is 0 Å². The number of hydrogen-bond acceptors (Lipinski definition) is 1. The van der Waals surface area contributed by atoms with Gasteiger partial charge in [0.15, 0.2) is 0 Å². The average Bonchev–Trinajstić information content (AvgIpc) is 2.46. The van der Waals surface area contributed by atoms with Crippen LogP contribution in [0.2, 0.25) is 0 Å². The van der Waals surface area contributed by atoms with Gasteiger partial charge in [0.1, 0.15) is 5.78 Å².